The maximum atomic E-state index is 16.6. The van der Waals surface area contributed by atoms with E-state index in [1.807, 2.05) is 108 Å². The number of aromatic hydroxyl groups is 1. The van der Waals surface area contributed by atoms with Gasteiger partial charge in [-0.25, -0.2) is 19.7 Å². The first-order valence-electron chi connectivity index (χ1n) is 22.8. The van der Waals surface area contributed by atoms with Gasteiger partial charge in [0.2, 0.25) is 17.8 Å². The number of anilines is 2. The molecule has 6 aromatic rings. The van der Waals surface area contributed by atoms with Crippen molar-refractivity contribution in [1.82, 2.24) is 25.1 Å². The Morgan fingerprint density at radius 1 is 0.794 bits per heavy atom. The molecule has 5 heterocycles. The standard InChI is InChI=1S/C54H49N7O7/c1-35(37-15-5-2-6-16-37)57-53(67)60-43-26-21-36(14-11-12-33-62)34-42(43)54(51(60)66)44(49(64)58-29-31-59(32-30-58)52-55-27-13-28-56-52)46-50(65)68-47(39-19-9-4-10-20-39)45(38-17-7-3-8-18-38)61(46)48(54)40-22-24-41(63)25-23-40/h2-10,13,15-28,34-35,44-48,62-63H,12,29-33H2,1H3,(H,57,67)/t35-,44+,45+,46+,47-,48-,54+/m1/s1. The summed E-state index contributed by atoms with van der Waals surface area (Å²) in [4.78, 5) is 79.0. The van der Waals surface area contributed by atoms with Crippen molar-refractivity contribution in [3.8, 4) is 17.6 Å². The van der Waals surface area contributed by atoms with Gasteiger partial charge in [-0.1, -0.05) is 115 Å². The molecule has 4 aliphatic heterocycles. The molecule has 14 nitrogen and oxygen atoms in total. The smallest absolute Gasteiger partial charge is 0.329 e. The Morgan fingerprint density at radius 2 is 1.44 bits per heavy atom. The third-order valence-corrected chi connectivity index (χ3v) is 13.7. The normalized spacial score (nSPS) is 23.6. The van der Waals surface area contributed by atoms with Crippen LogP contribution in [0, 0.1) is 17.8 Å². The Kier molecular flexibility index (Phi) is 11.9. The predicted octanol–water partition coefficient (Wildman–Crippen LogP) is 6.40. The van der Waals surface area contributed by atoms with Crippen molar-refractivity contribution in [3.05, 3.63) is 185 Å². The lowest BCUT2D eigenvalue weighted by atomic mass is 9.64. The highest BCUT2D eigenvalue weighted by Gasteiger charge is 2.76. The Hall–Kier alpha value is -7.86. The number of piperazine rings is 1. The summed E-state index contributed by atoms with van der Waals surface area (Å²) in [6.07, 6.45) is 2.61. The quantitative estimate of drug-likeness (QED) is 0.114. The van der Waals surface area contributed by atoms with Crippen molar-refractivity contribution in [2.75, 3.05) is 42.6 Å². The van der Waals surface area contributed by atoms with Gasteiger partial charge in [-0.15, -0.1) is 0 Å². The molecule has 1 spiro atoms. The summed E-state index contributed by atoms with van der Waals surface area (Å²) in [5, 5.41) is 23.5. The zero-order chi connectivity index (χ0) is 46.9. The average Bonchev–Trinajstić information content (AvgIpc) is 3.83. The highest BCUT2D eigenvalue weighted by atomic mass is 16.6. The number of aliphatic hydroxyl groups is 1. The van der Waals surface area contributed by atoms with E-state index in [0.717, 1.165) is 16.0 Å². The third-order valence-electron chi connectivity index (χ3n) is 13.7. The van der Waals surface area contributed by atoms with E-state index in [1.165, 1.54) is 12.1 Å². The van der Waals surface area contributed by atoms with Gasteiger partial charge in [0.15, 0.2) is 0 Å². The van der Waals surface area contributed by atoms with Gasteiger partial charge in [-0.3, -0.25) is 19.3 Å². The van der Waals surface area contributed by atoms with Crippen LogP contribution in [0.1, 0.15) is 71.0 Å². The molecule has 10 rings (SSSR count). The number of aromatic nitrogens is 2. The molecule has 3 N–H and O–H groups in total. The number of carbonyl (C=O) groups excluding carboxylic acids is 4. The summed E-state index contributed by atoms with van der Waals surface area (Å²) in [5.74, 6) is 3.28. The van der Waals surface area contributed by atoms with Crippen LogP contribution < -0.4 is 15.1 Å². The van der Waals surface area contributed by atoms with Crippen LogP contribution in [0.2, 0.25) is 0 Å². The highest BCUT2D eigenvalue weighted by molar-refractivity contribution is 6.24. The Labute approximate surface area is 393 Å². The van der Waals surface area contributed by atoms with Gasteiger partial charge in [-0.05, 0) is 71.1 Å². The number of aliphatic hydroxyl groups excluding tert-OH is 1. The highest BCUT2D eigenvalue weighted by Crippen LogP contribution is 2.66. The Balaban J connectivity index is 1.22. The molecule has 5 aromatic carbocycles. The number of imide groups is 1. The van der Waals surface area contributed by atoms with Gasteiger partial charge in [0.1, 0.15) is 23.3 Å². The van der Waals surface area contributed by atoms with Crippen molar-refractivity contribution < 1.29 is 34.1 Å². The molecule has 4 aliphatic rings. The third kappa shape index (κ3) is 7.59. The van der Waals surface area contributed by atoms with Crippen LogP contribution in [0.25, 0.3) is 0 Å². The van der Waals surface area contributed by atoms with Crippen molar-refractivity contribution in [2.24, 2.45) is 5.92 Å². The van der Waals surface area contributed by atoms with Crippen LogP contribution in [0.3, 0.4) is 0 Å². The van der Waals surface area contributed by atoms with Crippen LogP contribution in [0.5, 0.6) is 5.75 Å². The molecule has 0 bridgehead atoms. The minimum atomic E-state index is -1.99. The van der Waals surface area contributed by atoms with Crippen LogP contribution >= 0.6 is 0 Å². The fourth-order valence-electron chi connectivity index (χ4n) is 10.7. The molecule has 0 aliphatic carbocycles. The second-order valence-electron chi connectivity index (χ2n) is 17.4. The van der Waals surface area contributed by atoms with E-state index in [0.29, 0.717) is 41.3 Å². The first kappa shape index (κ1) is 44.0. The number of urea groups is 1. The maximum Gasteiger partial charge on any atom is 0.329 e. The van der Waals surface area contributed by atoms with Gasteiger partial charge in [0.05, 0.1) is 36.3 Å². The molecule has 0 saturated carbocycles. The number of amides is 4. The molecular formula is C54H49N7O7. The lowest BCUT2D eigenvalue weighted by molar-refractivity contribution is -0.179. The van der Waals surface area contributed by atoms with Crippen molar-refractivity contribution in [3.63, 3.8) is 0 Å². The van der Waals surface area contributed by atoms with Crippen LogP contribution in [-0.4, -0.2) is 92.6 Å². The molecule has 3 fully saturated rings. The topological polar surface area (TPSA) is 169 Å². The van der Waals surface area contributed by atoms with E-state index in [4.69, 9.17) is 4.74 Å². The monoisotopic (exact) mass is 907 g/mol. The fraction of sp³-hybridized carbons (Fsp3) is 0.259. The number of carbonyl (C=O) groups is 4. The summed E-state index contributed by atoms with van der Waals surface area (Å²) in [5.41, 5.74) is 1.85. The number of cyclic esters (lactones) is 1. The van der Waals surface area contributed by atoms with Crippen molar-refractivity contribution >= 4 is 35.5 Å². The number of phenolic OH excluding ortho intramolecular Hbond substituents is 1. The molecule has 0 radical (unpaired) electrons. The number of phenols is 1. The summed E-state index contributed by atoms with van der Waals surface area (Å²) in [6, 6.07) is 37.2. The Bertz CT molecular complexity index is 2890. The molecule has 3 saturated heterocycles. The molecule has 7 atom stereocenters. The minimum absolute atomic E-state index is 0.0273. The molecule has 0 unspecified atom stereocenters. The maximum absolute atomic E-state index is 16.6. The molecule has 342 valence electrons. The van der Waals surface area contributed by atoms with E-state index in [2.05, 4.69) is 27.1 Å². The average molecular weight is 908 g/mol. The number of benzene rings is 5. The van der Waals surface area contributed by atoms with E-state index in [1.54, 1.807) is 53.7 Å². The number of esters is 1. The number of hydrogen-bond donors (Lipinski definition) is 3. The summed E-state index contributed by atoms with van der Waals surface area (Å²) in [6.45, 7) is 2.85. The molecular weight excluding hydrogens is 859 g/mol. The lowest BCUT2D eigenvalue weighted by Crippen LogP contribution is -2.59. The van der Waals surface area contributed by atoms with Gasteiger partial charge in [-0.2, -0.15) is 0 Å². The van der Waals surface area contributed by atoms with E-state index < -0.39 is 65.4 Å². The summed E-state index contributed by atoms with van der Waals surface area (Å²) >= 11 is 0. The van der Waals surface area contributed by atoms with Crippen molar-refractivity contribution in [2.45, 2.75) is 49.0 Å². The van der Waals surface area contributed by atoms with Gasteiger partial charge in [0, 0.05) is 50.6 Å². The second kappa shape index (κ2) is 18.4. The van der Waals surface area contributed by atoms with Gasteiger partial charge < -0.3 is 30.1 Å². The largest absolute Gasteiger partial charge is 0.508 e. The van der Waals surface area contributed by atoms with Crippen LogP contribution in [0.15, 0.2) is 152 Å². The van der Waals surface area contributed by atoms with Crippen LogP contribution in [-0.2, 0) is 24.5 Å². The molecule has 68 heavy (non-hydrogen) atoms. The molecule has 1 aromatic heterocycles. The number of fused-ring (bicyclic) bond motifs is 3. The number of hydrogen-bond acceptors (Lipinski definition) is 11. The SMILES string of the molecule is C[C@@H](NC(=O)N1C(=O)[C@@]2(c3cc(C#CCCO)ccc31)[C@H](C(=O)N1CCN(c3ncccn3)CC1)[C@H]1C(=O)O[C@H](c3ccccc3)[C@H](c3ccccc3)N1[C@@H]2c1ccc(O)cc1)c1ccccc1. The first-order valence-corrected chi connectivity index (χ1v) is 22.8. The summed E-state index contributed by atoms with van der Waals surface area (Å²) < 4.78 is 6.62. The van der Waals surface area contributed by atoms with E-state index in [-0.39, 0.29) is 37.6 Å². The number of nitrogens with one attached hydrogen (secondary N) is 1. The second-order valence-corrected chi connectivity index (χ2v) is 17.4. The fourth-order valence-corrected chi connectivity index (χ4v) is 10.7. The Morgan fingerprint density at radius 3 is 2.10 bits per heavy atom. The zero-order valence-corrected chi connectivity index (χ0v) is 37.3. The minimum Gasteiger partial charge on any atom is -0.508 e. The van der Waals surface area contributed by atoms with Gasteiger partial charge in [0.25, 0.3) is 0 Å². The number of nitrogens with zero attached hydrogens (tertiary/aromatic N) is 6. The van der Waals surface area contributed by atoms with Gasteiger partial charge >= 0.3 is 12.0 Å². The molecule has 14 heteroatoms. The zero-order valence-electron chi connectivity index (χ0n) is 37.3. The molecule has 4 amide bonds. The number of morpholine rings is 1. The summed E-state index contributed by atoms with van der Waals surface area (Å²) in [7, 11) is 0. The van der Waals surface area contributed by atoms with E-state index >= 15 is 19.2 Å². The number of rotatable bonds is 8. The first-order chi connectivity index (χ1) is 33.2. The predicted molar refractivity (Wildman–Crippen MR) is 253 cm³/mol. The van der Waals surface area contributed by atoms with E-state index in [9.17, 15) is 10.2 Å². The van der Waals surface area contributed by atoms with Crippen LogP contribution in [0.4, 0.5) is 16.4 Å². The van der Waals surface area contributed by atoms with Crippen molar-refractivity contribution in [1.29, 1.82) is 0 Å². The number of ether oxygens (including phenoxy) is 1. The lowest BCUT2D eigenvalue weighted by Gasteiger charge is -2.46.